The Kier molecular flexibility index (Phi) is 6.95. The molecule has 1 fully saturated rings. The van der Waals surface area contributed by atoms with Crippen LogP contribution in [0.1, 0.15) is 30.1 Å². The van der Waals surface area contributed by atoms with Gasteiger partial charge < -0.3 is 14.4 Å². The molecule has 1 aliphatic rings. The van der Waals surface area contributed by atoms with Crippen LogP contribution in [0.3, 0.4) is 0 Å². The van der Waals surface area contributed by atoms with Gasteiger partial charge in [0.05, 0.1) is 29.2 Å². The van der Waals surface area contributed by atoms with Gasteiger partial charge in [0, 0.05) is 13.1 Å². The first kappa shape index (κ1) is 20.9. The number of carbonyl (C=O) groups is 3. The summed E-state index contributed by atoms with van der Waals surface area (Å²) >= 11 is 0. The largest absolute Gasteiger partial charge is 0.469 e. The number of hydrogen-bond acceptors (Lipinski definition) is 7. The van der Waals surface area contributed by atoms with Gasteiger partial charge in [0.15, 0.2) is 16.4 Å². The van der Waals surface area contributed by atoms with Crippen molar-refractivity contribution in [3.05, 3.63) is 29.8 Å². The van der Waals surface area contributed by atoms with Crippen molar-refractivity contribution in [2.24, 2.45) is 5.92 Å². The third kappa shape index (κ3) is 5.06. The summed E-state index contributed by atoms with van der Waals surface area (Å²) in [7, 11) is -2.26. The van der Waals surface area contributed by atoms with Crippen LogP contribution < -0.4 is 0 Å². The Morgan fingerprint density at radius 3 is 2.37 bits per heavy atom. The number of rotatable bonds is 6. The van der Waals surface area contributed by atoms with Crippen LogP contribution in [0, 0.1) is 5.92 Å². The van der Waals surface area contributed by atoms with Crippen LogP contribution in [0.5, 0.6) is 0 Å². The van der Waals surface area contributed by atoms with Gasteiger partial charge >= 0.3 is 11.9 Å². The minimum absolute atomic E-state index is 0.0865. The van der Waals surface area contributed by atoms with Crippen molar-refractivity contribution in [1.82, 2.24) is 4.90 Å². The highest BCUT2D eigenvalue weighted by atomic mass is 32.2. The summed E-state index contributed by atoms with van der Waals surface area (Å²) < 4.78 is 33.9. The van der Waals surface area contributed by atoms with E-state index in [1.165, 1.54) is 43.2 Å². The molecule has 0 unspecified atom stereocenters. The number of ether oxygens (including phenoxy) is 2. The fourth-order valence-electron chi connectivity index (χ4n) is 2.89. The molecular formula is C18H23NO7S. The summed E-state index contributed by atoms with van der Waals surface area (Å²) in [5.74, 6) is -1.91. The molecule has 0 atom stereocenters. The second-order valence-electron chi connectivity index (χ2n) is 6.15. The topological polar surface area (TPSA) is 107 Å². The van der Waals surface area contributed by atoms with E-state index in [1.54, 1.807) is 0 Å². The van der Waals surface area contributed by atoms with Crippen molar-refractivity contribution in [2.45, 2.75) is 24.7 Å². The zero-order valence-electron chi connectivity index (χ0n) is 15.3. The SMILES string of the molecule is CCS(=O)(=O)c1ccccc1C(=O)OCC(=O)N1CCC(C(=O)OC)CC1. The minimum atomic E-state index is -3.59. The lowest BCUT2D eigenvalue weighted by Crippen LogP contribution is -2.42. The molecule has 27 heavy (non-hydrogen) atoms. The van der Waals surface area contributed by atoms with Crippen LogP contribution in [-0.2, 0) is 28.9 Å². The molecule has 1 saturated heterocycles. The van der Waals surface area contributed by atoms with E-state index in [9.17, 15) is 22.8 Å². The summed E-state index contributed by atoms with van der Waals surface area (Å²) in [5, 5.41) is 0. The van der Waals surface area contributed by atoms with Gasteiger partial charge in [0.25, 0.3) is 5.91 Å². The molecule has 0 aromatic heterocycles. The van der Waals surface area contributed by atoms with E-state index in [0.717, 1.165) is 0 Å². The van der Waals surface area contributed by atoms with Gasteiger partial charge in [-0.15, -0.1) is 0 Å². The van der Waals surface area contributed by atoms with Crippen molar-refractivity contribution >= 4 is 27.7 Å². The van der Waals surface area contributed by atoms with Crippen molar-refractivity contribution in [3.8, 4) is 0 Å². The predicted octanol–water partition coefficient (Wildman–Crippen LogP) is 1.05. The first-order chi connectivity index (χ1) is 12.8. The molecule has 0 aliphatic carbocycles. The van der Waals surface area contributed by atoms with Crippen molar-refractivity contribution < 1.29 is 32.3 Å². The summed E-state index contributed by atoms with van der Waals surface area (Å²) in [6.45, 7) is 1.75. The molecule has 1 aromatic carbocycles. The molecular weight excluding hydrogens is 374 g/mol. The van der Waals surface area contributed by atoms with Gasteiger partial charge in [-0.25, -0.2) is 13.2 Å². The Hall–Kier alpha value is -2.42. The van der Waals surface area contributed by atoms with E-state index in [1.807, 2.05) is 0 Å². The van der Waals surface area contributed by atoms with E-state index in [-0.39, 0.29) is 34.0 Å². The van der Waals surface area contributed by atoms with Crippen LogP contribution in [0.4, 0.5) is 0 Å². The fraction of sp³-hybridized carbons (Fsp3) is 0.500. The van der Waals surface area contributed by atoms with Crippen LogP contribution in [0.2, 0.25) is 0 Å². The molecule has 148 valence electrons. The van der Waals surface area contributed by atoms with Crippen molar-refractivity contribution in [1.29, 1.82) is 0 Å². The molecule has 1 amide bonds. The molecule has 9 heteroatoms. The van der Waals surface area contributed by atoms with E-state index >= 15 is 0 Å². The number of likely N-dealkylation sites (tertiary alicyclic amines) is 1. The second kappa shape index (κ2) is 8.98. The maximum Gasteiger partial charge on any atom is 0.339 e. The smallest absolute Gasteiger partial charge is 0.339 e. The molecule has 8 nitrogen and oxygen atoms in total. The van der Waals surface area contributed by atoms with E-state index in [0.29, 0.717) is 25.9 Å². The average molecular weight is 397 g/mol. The van der Waals surface area contributed by atoms with Crippen LogP contribution in [0.15, 0.2) is 29.2 Å². The van der Waals surface area contributed by atoms with Crippen molar-refractivity contribution in [3.63, 3.8) is 0 Å². The first-order valence-corrected chi connectivity index (χ1v) is 10.3. The summed E-state index contributed by atoms with van der Waals surface area (Å²) in [6, 6.07) is 5.76. The third-order valence-electron chi connectivity index (χ3n) is 4.53. The fourth-order valence-corrected chi connectivity index (χ4v) is 3.97. The number of esters is 2. The maximum atomic E-state index is 12.3. The lowest BCUT2D eigenvalue weighted by Gasteiger charge is -2.30. The molecule has 2 rings (SSSR count). The standard InChI is InChI=1S/C18H23NO7S/c1-3-27(23,24)15-7-5-4-6-14(15)18(22)26-12-16(20)19-10-8-13(9-11-19)17(21)25-2/h4-7,13H,3,8-12H2,1-2H3. The third-order valence-corrected chi connectivity index (χ3v) is 6.32. The van der Waals surface area contributed by atoms with Crippen molar-refractivity contribution in [2.75, 3.05) is 32.6 Å². The Labute approximate surface area is 158 Å². The summed E-state index contributed by atoms with van der Waals surface area (Å²) in [5.41, 5.74) is -0.0865. The number of nitrogens with zero attached hydrogens (tertiary/aromatic N) is 1. The number of sulfone groups is 1. The number of carbonyl (C=O) groups excluding carboxylic acids is 3. The van der Waals surface area contributed by atoms with Crippen LogP contribution in [0.25, 0.3) is 0 Å². The maximum absolute atomic E-state index is 12.3. The van der Waals surface area contributed by atoms with Crippen LogP contribution >= 0.6 is 0 Å². The normalized spacial score (nSPS) is 15.3. The highest BCUT2D eigenvalue weighted by molar-refractivity contribution is 7.91. The molecule has 0 saturated carbocycles. The predicted molar refractivity (Wildman–Crippen MR) is 95.8 cm³/mol. The first-order valence-electron chi connectivity index (χ1n) is 8.64. The lowest BCUT2D eigenvalue weighted by atomic mass is 9.97. The molecule has 1 aliphatic heterocycles. The minimum Gasteiger partial charge on any atom is -0.469 e. The average Bonchev–Trinajstić information content (AvgIpc) is 2.71. The number of hydrogen-bond donors (Lipinski definition) is 0. The molecule has 1 heterocycles. The zero-order valence-corrected chi connectivity index (χ0v) is 16.2. The Balaban J connectivity index is 1.95. The summed E-state index contributed by atoms with van der Waals surface area (Å²) in [6.07, 6.45) is 0.980. The van der Waals surface area contributed by atoms with Gasteiger partial charge in [0.2, 0.25) is 0 Å². The zero-order chi connectivity index (χ0) is 20.0. The van der Waals surface area contributed by atoms with Gasteiger partial charge in [-0.05, 0) is 25.0 Å². The molecule has 0 radical (unpaired) electrons. The van der Waals surface area contributed by atoms with E-state index in [4.69, 9.17) is 9.47 Å². The summed E-state index contributed by atoms with van der Waals surface area (Å²) in [4.78, 5) is 37.4. The molecule has 0 bridgehead atoms. The molecule has 0 N–H and O–H groups in total. The van der Waals surface area contributed by atoms with Gasteiger partial charge in [-0.2, -0.15) is 0 Å². The molecule has 1 aromatic rings. The number of benzene rings is 1. The molecule has 0 spiro atoms. The van der Waals surface area contributed by atoms with Gasteiger partial charge in [0.1, 0.15) is 0 Å². The van der Waals surface area contributed by atoms with E-state index < -0.39 is 22.4 Å². The second-order valence-corrected chi connectivity index (χ2v) is 8.40. The van der Waals surface area contributed by atoms with Gasteiger partial charge in [-0.3, -0.25) is 9.59 Å². The Morgan fingerprint density at radius 1 is 1.15 bits per heavy atom. The van der Waals surface area contributed by atoms with Crippen LogP contribution in [-0.4, -0.2) is 63.7 Å². The number of amides is 1. The Bertz CT molecular complexity index is 811. The number of piperidine rings is 1. The monoisotopic (exact) mass is 397 g/mol. The van der Waals surface area contributed by atoms with Gasteiger partial charge in [-0.1, -0.05) is 19.1 Å². The van der Waals surface area contributed by atoms with E-state index in [2.05, 4.69) is 0 Å². The highest BCUT2D eigenvalue weighted by Gasteiger charge is 2.29. The number of methoxy groups -OCH3 is 1. The lowest BCUT2D eigenvalue weighted by molar-refractivity contribution is -0.149. The Morgan fingerprint density at radius 2 is 1.78 bits per heavy atom. The quantitative estimate of drug-likeness (QED) is 0.660. The highest BCUT2D eigenvalue weighted by Crippen LogP contribution is 2.20.